The zero-order valence-electron chi connectivity index (χ0n) is 10.4. The predicted molar refractivity (Wildman–Crippen MR) is 62.9 cm³/mol. The summed E-state index contributed by atoms with van der Waals surface area (Å²) in [5.41, 5.74) is 1.52. The first kappa shape index (κ1) is 11.0. The Morgan fingerprint density at radius 1 is 1.59 bits per heavy atom. The van der Waals surface area contributed by atoms with E-state index < -0.39 is 0 Å². The van der Waals surface area contributed by atoms with Crippen molar-refractivity contribution in [1.82, 2.24) is 9.55 Å². The summed E-state index contributed by atoms with van der Waals surface area (Å²) in [6, 6.07) is 0. The van der Waals surface area contributed by atoms with Gasteiger partial charge >= 0.3 is 0 Å². The van der Waals surface area contributed by atoms with Crippen molar-refractivity contribution in [3.8, 4) is 0 Å². The molecule has 92 valence electrons. The average Bonchev–Trinajstić information content (AvgIpc) is 2.92. The molecule has 1 saturated heterocycles. The van der Waals surface area contributed by atoms with Crippen LogP contribution in [0, 0.1) is 5.92 Å². The van der Waals surface area contributed by atoms with Crippen LogP contribution in [-0.4, -0.2) is 21.9 Å². The molecule has 1 aromatic heterocycles. The van der Waals surface area contributed by atoms with E-state index in [1.54, 1.807) is 6.33 Å². The van der Waals surface area contributed by atoms with Gasteiger partial charge in [0.15, 0.2) is 5.78 Å². The maximum absolute atomic E-state index is 11.8. The molecule has 0 aromatic carbocycles. The molecule has 1 atom stereocenters. The van der Waals surface area contributed by atoms with Gasteiger partial charge in [0.2, 0.25) is 0 Å². The van der Waals surface area contributed by atoms with E-state index in [-0.39, 0.29) is 11.4 Å². The molecule has 4 heteroatoms. The summed E-state index contributed by atoms with van der Waals surface area (Å²) >= 11 is 0. The Balaban J connectivity index is 1.94. The van der Waals surface area contributed by atoms with Crippen LogP contribution >= 0.6 is 0 Å². The van der Waals surface area contributed by atoms with Gasteiger partial charge in [0, 0.05) is 13.0 Å². The first-order valence-electron chi connectivity index (χ1n) is 6.35. The molecule has 0 N–H and O–H groups in total. The highest BCUT2D eigenvalue weighted by atomic mass is 16.6. The molecular weight excluding hydrogens is 216 g/mol. The van der Waals surface area contributed by atoms with Gasteiger partial charge in [-0.3, -0.25) is 4.79 Å². The van der Waals surface area contributed by atoms with Crippen molar-refractivity contribution in [2.24, 2.45) is 5.92 Å². The summed E-state index contributed by atoms with van der Waals surface area (Å²) in [6.45, 7) is 6.09. The molecule has 2 heterocycles. The van der Waals surface area contributed by atoms with E-state index in [0.717, 1.165) is 31.7 Å². The predicted octanol–water partition coefficient (Wildman–Crippen LogP) is 2.13. The maximum atomic E-state index is 11.8. The van der Waals surface area contributed by atoms with Crippen LogP contribution in [0.15, 0.2) is 6.33 Å². The Kier molecular flexibility index (Phi) is 2.36. The molecule has 1 aliphatic heterocycles. The smallest absolute Gasteiger partial charge is 0.183 e. The van der Waals surface area contributed by atoms with Gasteiger partial charge in [-0.05, 0) is 18.8 Å². The molecule has 1 unspecified atom stereocenters. The van der Waals surface area contributed by atoms with Crippen molar-refractivity contribution < 1.29 is 9.53 Å². The number of hydrogen-bond donors (Lipinski definition) is 0. The number of rotatable bonds is 3. The number of ether oxygens (including phenoxy) is 1. The number of ketones is 1. The summed E-state index contributed by atoms with van der Waals surface area (Å²) in [6.07, 6.45) is 4.31. The molecule has 1 spiro atoms. The van der Waals surface area contributed by atoms with Gasteiger partial charge in [-0.25, -0.2) is 4.98 Å². The first-order chi connectivity index (χ1) is 8.12. The number of carbonyl (C=O) groups is 1. The zero-order valence-corrected chi connectivity index (χ0v) is 10.4. The van der Waals surface area contributed by atoms with Gasteiger partial charge < -0.3 is 9.30 Å². The lowest BCUT2D eigenvalue weighted by molar-refractivity contribution is 0.0939. The fourth-order valence-corrected chi connectivity index (χ4v) is 2.55. The topological polar surface area (TPSA) is 47.4 Å². The summed E-state index contributed by atoms with van der Waals surface area (Å²) in [7, 11) is 0. The molecule has 0 bridgehead atoms. The highest BCUT2D eigenvalue weighted by molar-refractivity contribution is 5.97. The van der Waals surface area contributed by atoms with E-state index >= 15 is 0 Å². The summed E-state index contributed by atoms with van der Waals surface area (Å²) in [4.78, 5) is 16.1. The molecular formula is C13H18N2O2. The Morgan fingerprint density at radius 2 is 2.35 bits per heavy atom. The lowest BCUT2D eigenvalue weighted by Crippen LogP contribution is -2.25. The number of imidazole rings is 1. The van der Waals surface area contributed by atoms with Gasteiger partial charge in [0.1, 0.15) is 11.3 Å². The van der Waals surface area contributed by atoms with Crippen LogP contribution in [0.3, 0.4) is 0 Å². The van der Waals surface area contributed by atoms with E-state index in [2.05, 4.69) is 23.4 Å². The van der Waals surface area contributed by atoms with Crippen molar-refractivity contribution >= 4 is 5.78 Å². The third kappa shape index (κ3) is 1.71. The minimum Gasteiger partial charge on any atom is -0.363 e. The standard InChI is InChI=1S/C13H18N2O2/c1-9(2)4-6-15-8-14-11-10(16)3-5-13(7-17-13)12(11)15/h8-9H,3-7H2,1-2H3. The number of hydrogen-bond acceptors (Lipinski definition) is 3. The van der Waals surface area contributed by atoms with Crippen molar-refractivity contribution in [3.63, 3.8) is 0 Å². The second kappa shape index (κ2) is 3.67. The highest BCUT2D eigenvalue weighted by Gasteiger charge is 2.53. The molecule has 0 saturated carbocycles. The summed E-state index contributed by atoms with van der Waals surface area (Å²) < 4.78 is 7.73. The van der Waals surface area contributed by atoms with Crippen LogP contribution in [0.1, 0.15) is 49.3 Å². The van der Waals surface area contributed by atoms with E-state index in [4.69, 9.17) is 4.74 Å². The largest absolute Gasteiger partial charge is 0.363 e. The summed E-state index contributed by atoms with van der Waals surface area (Å²) in [5.74, 6) is 0.827. The summed E-state index contributed by atoms with van der Waals surface area (Å²) in [5, 5.41) is 0. The minimum absolute atomic E-state index is 0.170. The van der Waals surface area contributed by atoms with Gasteiger partial charge in [-0.1, -0.05) is 13.8 Å². The van der Waals surface area contributed by atoms with Crippen molar-refractivity contribution in [1.29, 1.82) is 0 Å². The first-order valence-corrected chi connectivity index (χ1v) is 6.35. The van der Waals surface area contributed by atoms with Gasteiger partial charge in [-0.15, -0.1) is 0 Å². The number of Topliss-reactive ketones (excluding diaryl/α,β-unsaturated/α-hetero) is 1. The lowest BCUT2D eigenvalue weighted by atomic mass is 9.89. The molecule has 1 aromatic rings. The quantitative estimate of drug-likeness (QED) is 0.753. The normalized spacial score (nSPS) is 26.6. The molecule has 0 radical (unpaired) electrons. The van der Waals surface area contributed by atoms with Crippen LogP contribution in [0.2, 0.25) is 0 Å². The second-order valence-corrected chi connectivity index (χ2v) is 5.52. The molecule has 2 aliphatic rings. The second-order valence-electron chi connectivity index (χ2n) is 5.52. The van der Waals surface area contributed by atoms with Crippen LogP contribution in [0.4, 0.5) is 0 Å². The number of aromatic nitrogens is 2. The number of carbonyl (C=O) groups excluding carboxylic acids is 1. The monoisotopic (exact) mass is 234 g/mol. The molecule has 1 fully saturated rings. The average molecular weight is 234 g/mol. The van der Waals surface area contributed by atoms with Gasteiger partial charge in [-0.2, -0.15) is 0 Å². The Morgan fingerprint density at radius 3 is 3.00 bits per heavy atom. The minimum atomic E-state index is -0.170. The number of fused-ring (bicyclic) bond motifs is 2. The van der Waals surface area contributed by atoms with E-state index in [1.165, 1.54) is 0 Å². The molecule has 17 heavy (non-hydrogen) atoms. The van der Waals surface area contributed by atoms with Gasteiger partial charge in [0.25, 0.3) is 0 Å². The Bertz CT molecular complexity index is 458. The third-order valence-electron chi connectivity index (χ3n) is 3.73. The molecule has 3 rings (SSSR count). The third-order valence-corrected chi connectivity index (χ3v) is 3.73. The van der Waals surface area contributed by atoms with Crippen LogP contribution in [0.25, 0.3) is 0 Å². The molecule has 1 aliphatic carbocycles. The van der Waals surface area contributed by atoms with Crippen molar-refractivity contribution in [3.05, 3.63) is 17.7 Å². The Hall–Kier alpha value is -1.16. The highest BCUT2D eigenvalue weighted by Crippen LogP contribution is 2.47. The lowest BCUT2D eigenvalue weighted by Gasteiger charge is -2.20. The fraction of sp³-hybridized carbons (Fsp3) is 0.692. The van der Waals surface area contributed by atoms with Crippen LogP contribution < -0.4 is 0 Å². The number of epoxide rings is 1. The maximum Gasteiger partial charge on any atom is 0.183 e. The SMILES string of the molecule is CC(C)CCn1cnc2c1C1(CCC2=O)CO1. The zero-order chi connectivity index (χ0) is 12.0. The number of aryl methyl sites for hydroxylation is 1. The molecule has 4 nitrogen and oxygen atoms in total. The molecule has 0 amide bonds. The van der Waals surface area contributed by atoms with Gasteiger partial charge in [0.05, 0.1) is 18.6 Å². The van der Waals surface area contributed by atoms with Crippen LogP contribution in [0.5, 0.6) is 0 Å². The number of nitrogens with zero attached hydrogens (tertiary/aromatic N) is 2. The Labute approximate surface area is 101 Å². The fourth-order valence-electron chi connectivity index (χ4n) is 2.55. The van der Waals surface area contributed by atoms with Crippen LogP contribution in [-0.2, 0) is 16.9 Å². The van der Waals surface area contributed by atoms with E-state index in [0.29, 0.717) is 18.0 Å². The van der Waals surface area contributed by atoms with Crippen molar-refractivity contribution in [2.75, 3.05) is 6.61 Å². The van der Waals surface area contributed by atoms with E-state index in [9.17, 15) is 4.79 Å². The van der Waals surface area contributed by atoms with Crippen molar-refractivity contribution in [2.45, 2.75) is 45.3 Å². The van der Waals surface area contributed by atoms with E-state index in [1.807, 2.05) is 0 Å².